The van der Waals surface area contributed by atoms with Crippen LogP contribution >= 0.6 is 50.1 Å². The maximum Gasteiger partial charge on any atom is 0.216 e. The van der Waals surface area contributed by atoms with Gasteiger partial charge in [-0.05, 0) is 46.4 Å². The molecular formula is C13H11BrClIN2O. The molecule has 0 amide bonds. The number of nitrogens with zero attached hydrogens (tertiary/aromatic N) is 2. The lowest BCUT2D eigenvalue weighted by molar-refractivity contribution is 0.396. The number of alkyl halides is 1. The molecule has 0 saturated carbocycles. The predicted octanol–water partition coefficient (Wildman–Crippen LogP) is 4.37. The highest BCUT2D eigenvalue weighted by molar-refractivity contribution is 14.1. The molecule has 1 heterocycles. The quantitative estimate of drug-likeness (QED) is 0.509. The molecule has 0 fully saturated rings. The van der Waals surface area contributed by atoms with Gasteiger partial charge in [0.1, 0.15) is 6.33 Å². The van der Waals surface area contributed by atoms with Crippen LogP contribution in [0.4, 0.5) is 0 Å². The minimum absolute atomic E-state index is 0.135. The van der Waals surface area contributed by atoms with Crippen LogP contribution in [0.2, 0.25) is 0 Å². The van der Waals surface area contributed by atoms with Crippen molar-refractivity contribution in [2.75, 3.05) is 7.11 Å². The van der Waals surface area contributed by atoms with E-state index in [2.05, 4.69) is 48.5 Å². The smallest absolute Gasteiger partial charge is 0.216 e. The minimum Gasteiger partial charge on any atom is -0.481 e. The fraction of sp³-hybridized carbons (Fsp3) is 0.231. The summed E-state index contributed by atoms with van der Waals surface area (Å²) < 4.78 is 7.24. The van der Waals surface area contributed by atoms with Crippen molar-refractivity contribution >= 4 is 50.1 Å². The third kappa shape index (κ3) is 4.03. The van der Waals surface area contributed by atoms with Gasteiger partial charge in [0.25, 0.3) is 0 Å². The Morgan fingerprint density at radius 3 is 2.89 bits per heavy atom. The van der Waals surface area contributed by atoms with Crippen LogP contribution in [0.3, 0.4) is 0 Å². The van der Waals surface area contributed by atoms with Gasteiger partial charge in [0.2, 0.25) is 5.88 Å². The van der Waals surface area contributed by atoms with Crippen molar-refractivity contribution in [3.05, 3.63) is 49.9 Å². The van der Waals surface area contributed by atoms with Crippen LogP contribution in [0.5, 0.6) is 5.88 Å². The van der Waals surface area contributed by atoms with E-state index in [1.54, 1.807) is 13.2 Å². The van der Waals surface area contributed by atoms with Gasteiger partial charge in [0.15, 0.2) is 0 Å². The van der Waals surface area contributed by atoms with Crippen molar-refractivity contribution in [2.45, 2.75) is 11.8 Å². The summed E-state index contributed by atoms with van der Waals surface area (Å²) in [5.41, 5.74) is 1.96. The molecule has 1 aromatic carbocycles. The van der Waals surface area contributed by atoms with Gasteiger partial charge in [-0.25, -0.2) is 9.97 Å². The average Bonchev–Trinajstić information content (AvgIpc) is 2.41. The van der Waals surface area contributed by atoms with Gasteiger partial charge >= 0.3 is 0 Å². The first-order valence-electron chi connectivity index (χ1n) is 5.54. The van der Waals surface area contributed by atoms with Gasteiger partial charge in [-0.2, -0.15) is 0 Å². The van der Waals surface area contributed by atoms with Crippen LogP contribution in [0.1, 0.15) is 16.6 Å². The summed E-state index contributed by atoms with van der Waals surface area (Å²) in [5, 5.41) is -0.135. The maximum absolute atomic E-state index is 6.49. The van der Waals surface area contributed by atoms with Crippen molar-refractivity contribution in [3.8, 4) is 5.88 Å². The van der Waals surface area contributed by atoms with Crippen molar-refractivity contribution in [1.29, 1.82) is 0 Å². The first-order chi connectivity index (χ1) is 9.10. The van der Waals surface area contributed by atoms with E-state index in [9.17, 15) is 0 Å². The summed E-state index contributed by atoms with van der Waals surface area (Å²) in [7, 11) is 1.58. The van der Waals surface area contributed by atoms with Crippen molar-refractivity contribution in [3.63, 3.8) is 0 Å². The van der Waals surface area contributed by atoms with Gasteiger partial charge in [-0.1, -0.05) is 15.9 Å². The first kappa shape index (κ1) is 15.0. The fourth-order valence-electron chi connectivity index (χ4n) is 1.65. The lowest BCUT2D eigenvalue weighted by atomic mass is 10.1. The van der Waals surface area contributed by atoms with E-state index >= 15 is 0 Å². The zero-order chi connectivity index (χ0) is 13.8. The Bertz CT molecular complexity index is 582. The monoisotopic (exact) mass is 452 g/mol. The van der Waals surface area contributed by atoms with Crippen molar-refractivity contribution in [2.24, 2.45) is 0 Å². The molecule has 2 aromatic rings. The average molecular weight is 454 g/mol. The number of benzene rings is 1. The summed E-state index contributed by atoms with van der Waals surface area (Å²) in [6.45, 7) is 0. The maximum atomic E-state index is 6.49. The van der Waals surface area contributed by atoms with E-state index < -0.39 is 0 Å². The Morgan fingerprint density at radius 2 is 2.16 bits per heavy atom. The van der Waals surface area contributed by atoms with Gasteiger partial charge in [-0.3, -0.25) is 0 Å². The first-order valence-corrected chi connectivity index (χ1v) is 7.85. The molecule has 0 N–H and O–H groups in total. The zero-order valence-corrected chi connectivity index (χ0v) is 14.6. The van der Waals surface area contributed by atoms with Crippen LogP contribution < -0.4 is 4.74 Å². The molecule has 100 valence electrons. The zero-order valence-electron chi connectivity index (χ0n) is 10.1. The third-order valence-corrected chi connectivity index (χ3v) is 4.46. The molecule has 1 unspecified atom stereocenters. The topological polar surface area (TPSA) is 35.0 Å². The highest BCUT2D eigenvalue weighted by Gasteiger charge is 2.14. The minimum atomic E-state index is -0.135. The number of rotatable bonds is 4. The largest absolute Gasteiger partial charge is 0.481 e. The van der Waals surface area contributed by atoms with Gasteiger partial charge < -0.3 is 4.74 Å². The molecule has 2 rings (SSSR count). The lowest BCUT2D eigenvalue weighted by Crippen LogP contribution is -2.01. The number of methoxy groups -OCH3 is 1. The summed E-state index contributed by atoms with van der Waals surface area (Å²) in [6, 6.07) is 7.89. The fourth-order valence-corrected chi connectivity index (χ4v) is 3.26. The molecule has 0 bridgehead atoms. The Kier molecular flexibility index (Phi) is 5.41. The molecule has 19 heavy (non-hydrogen) atoms. The van der Waals surface area contributed by atoms with Crippen molar-refractivity contribution in [1.82, 2.24) is 9.97 Å². The third-order valence-electron chi connectivity index (χ3n) is 2.59. The number of ether oxygens (including phenoxy) is 1. The highest BCUT2D eigenvalue weighted by atomic mass is 127. The molecule has 0 aliphatic heterocycles. The predicted molar refractivity (Wildman–Crippen MR) is 87.7 cm³/mol. The molecule has 0 aliphatic carbocycles. The molecule has 1 atom stereocenters. The molecule has 1 aromatic heterocycles. The number of hydrogen-bond donors (Lipinski definition) is 0. The summed E-state index contributed by atoms with van der Waals surface area (Å²) in [6.07, 6.45) is 2.12. The highest BCUT2D eigenvalue weighted by Crippen LogP contribution is 2.30. The lowest BCUT2D eigenvalue weighted by Gasteiger charge is -2.12. The Balaban J connectivity index is 2.20. The van der Waals surface area contributed by atoms with Gasteiger partial charge in [0, 0.05) is 26.2 Å². The molecule has 0 saturated heterocycles. The second-order valence-electron chi connectivity index (χ2n) is 3.89. The molecule has 0 spiro atoms. The SMILES string of the molecule is COc1cc(CC(Cl)c2cc(Br)ccc2I)ncn1. The van der Waals surface area contributed by atoms with E-state index in [0.717, 1.165) is 19.3 Å². The molecule has 3 nitrogen and oxygen atoms in total. The van der Waals surface area contributed by atoms with Crippen LogP contribution in [-0.2, 0) is 6.42 Å². The van der Waals surface area contributed by atoms with Crippen LogP contribution in [0, 0.1) is 3.57 Å². The molecular weight excluding hydrogens is 442 g/mol. The summed E-state index contributed by atoms with van der Waals surface area (Å²) in [4.78, 5) is 8.20. The van der Waals surface area contributed by atoms with Crippen molar-refractivity contribution < 1.29 is 4.74 Å². The van der Waals surface area contributed by atoms with E-state index in [-0.39, 0.29) is 5.38 Å². The van der Waals surface area contributed by atoms with E-state index in [0.29, 0.717) is 12.3 Å². The van der Waals surface area contributed by atoms with Gasteiger partial charge in [-0.15, -0.1) is 11.6 Å². The molecule has 6 heteroatoms. The Labute approximate surface area is 139 Å². The number of aromatic nitrogens is 2. The Morgan fingerprint density at radius 1 is 1.37 bits per heavy atom. The van der Waals surface area contributed by atoms with E-state index in [1.165, 1.54) is 6.33 Å². The van der Waals surface area contributed by atoms with Gasteiger partial charge in [0.05, 0.1) is 12.5 Å². The van der Waals surface area contributed by atoms with Crippen LogP contribution in [0.25, 0.3) is 0 Å². The molecule has 0 radical (unpaired) electrons. The second kappa shape index (κ2) is 6.85. The standard InChI is InChI=1S/C13H11BrClIN2O/c1-19-13-6-9(17-7-18-13)5-11(15)10-4-8(14)2-3-12(10)16/h2-4,6-7,11H,5H2,1H3. The summed E-state index contributed by atoms with van der Waals surface area (Å²) in [5.74, 6) is 0.554. The van der Waals surface area contributed by atoms with E-state index in [4.69, 9.17) is 16.3 Å². The second-order valence-corrected chi connectivity index (χ2v) is 6.49. The number of halogens is 3. The van der Waals surface area contributed by atoms with Crippen LogP contribution in [-0.4, -0.2) is 17.1 Å². The normalized spacial score (nSPS) is 12.2. The van der Waals surface area contributed by atoms with Crippen LogP contribution in [0.15, 0.2) is 35.1 Å². The Hall–Kier alpha value is -0.400. The molecule has 0 aliphatic rings. The summed E-state index contributed by atoms with van der Waals surface area (Å²) >= 11 is 12.2. The number of hydrogen-bond acceptors (Lipinski definition) is 3. The van der Waals surface area contributed by atoms with E-state index in [1.807, 2.05) is 18.2 Å².